The van der Waals surface area contributed by atoms with Gasteiger partial charge in [0.1, 0.15) is 6.33 Å². The van der Waals surface area contributed by atoms with E-state index in [2.05, 4.69) is 21.9 Å². The summed E-state index contributed by atoms with van der Waals surface area (Å²) >= 11 is 0. The van der Waals surface area contributed by atoms with Gasteiger partial charge in [-0.3, -0.25) is 4.68 Å². The number of nitrogens with two attached hydrogens (primary N) is 2. The first kappa shape index (κ1) is 23.3. The number of aliphatic hydroxyl groups is 1. The number of halogens is 2. The van der Waals surface area contributed by atoms with Gasteiger partial charge in [-0.1, -0.05) is 36.9 Å². The molecule has 0 radical (unpaired) electrons. The zero-order valence-electron chi connectivity index (χ0n) is 18.4. The molecule has 2 unspecified atom stereocenters. The van der Waals surface area contributed by atoms with Gasteiger partial charge in [0.05, 0.1) is 11.7 Å². The van der Waals surface area contributed by atoms with Crippen LogP contribution in [0, 0.1) is 5.92 Å². The van der Waals surface area contributed by atoms with Crippen molar-refractivity contribution in [3.05, 3.63) is 72.8 Å². The van der Waals surface area contributed by atoms with Crippen LogP contribution in [0.15, 0.2) is 61.6 Å². The number of benzene rings is 1. The maximum Gasteiger partial charge on any atom is 0.299 e. The Hall–Kier alpha value is -2.88. The Morgan fingerprint density at radius 1 is 1.18 bits per heavy atom. The number of nitrogens with zero attached hydrogens (tertiary/aromatic N) is 3. The highest BCUT2D eigenvalue weighted by molar-refractivity contribution is 5.60. The van der Waals surface area contributed by atoms with Gasteiger partial charge in [0, 0.05) is 24.3 Å². The molecule has 0 saturated heterocycles. The molecule has 0 amide bonds. The third-order valence-corrected chi connectivity index (χ3v) is 6.84. The van der Waals surface area contributed by atoms with E-state index in [1.807, 2.05) is 6.07 Å². The average Bonchev–Trinajstić information content (AvgIpc) is 3.31. The van der Waals surface area contributed by atoms with Crippen molar-refractivity contribution in [3.63, 3.8) is 0 Å². The predicted molar refractivity (Wildman–Crippen MR) is 123 cm³/mol. The van der Waals surface area contributed by atoms with Crippen LogP contribution in [-0.2, 0) is 5.60 Å². The van der Waals surface area contributed by atoms with Crippen LogP contribution in [0.1, 0.15) is 43.0 Å². The van der Waals surface area contributed by atoms with Crippen molar-refractivity contribution in [2.24, 2.45) is 11.7 Å². The van der Waals surface area contributed by atoms with Crippen LogP contribution in [0.2, 0.25) is 0 Å². The molecular weight excluding hydrogens is 426 g/mol. The number of hydrogen-bond donors (Lipinski definition) is 4. The molecule has 2 atom stereocenters. The van der Waals surface area contributed by atoms with E-state index < -0.39 is 11.5 Å². The summed E-state index contributed by atoms with van der Waals surface area (Å²) < 4.78 is 30.8. The molecule has 9 heteroatoms. The number of hydrogen-bond acceptors (Lipinski definition) is 6. The zero-order chi connectivity index (χ0) is 23.6. The van der Waals surface area contributed by atoms with Crippen molar-refractivity contribution in [1.29, 1.82) is 0 Å². The molecule has 0 bridgehead atoms. The first-order chi connectivity index (χ1) is 15.8. The smallest absolute Gasteiger partial charge is 0.299 e. The summed E-state index contributed by atoms with van der Waals surface area (Å²) in [6.45, 7) is 2.94. The molecule has 0 spiro atoms. The Labute approximate surface area is 191 Å². The summed E-state index contributed by atoms with van der Waals surface area (Å²) in [6.07, 6.45) is 6.82. The highest BCUT2D eigenvalue weighted by Crippen LogP contribution is 2.40. The summed E-state index contributed by atoms with van der Waals surface area (Å²) in [7, 11) is 0. The molecule has 1 aromatic rings. The van der Waals surface area contributed by atoms with Crippen molar-refractivity contribution >= 4 is 0 Å². The van der Waals surface area contributed by atoms with E-state index in [0.29, 0.717) is 11.9 Å². The lowest BCUT2D eigenvalue weighted by molar-refractivity contribution is -0.155. The highest BCUT2D eigenvalue weighted by atomic mass is 19.3. The van der Waals surface area contributed by atoms with E-state index in [1.165, 1.54) is 23.1 Å². The molecule has 176 valence electrons. The summed E-state index contributed by atoms with van der Waals surface area (Å²) in [5.74, 6) is 3.42. The van der Waals surface area contributed by atoms with Crippen molar-refractivity contribution in [2.75, 3.05) is 12.4 Å². The Morgan fingerprint density at radius 2 is 1.88 bits per heavy atom. The van der Waals surface area contributed by atoms with Gasteiger partial charge in [-0.05, 0) is 49.3 Å². The van der Waals surface area contributed by atoms with Crippen molar-refractivity contribution in [3.8, 4) is 11.4 Å². The van der Waals surface area contributed by atoms with Crippen LogP contribution in [0.4, 0.5) is 8.78 Å². The van der Waals surface area contributed by atoms with Gasteiger partial charge in [-0.2, -0.15) is 8.78 Å². The van der Waals surface area contributed by atoms with Gasteiger partial charge in [-0.15, -0.1) is 0 Å². The van der Waals surface area contributed by atoms with E-state index in [4.69, 9.17) is 11.6 Å². The van der Waals surface area contributed by atoms with Gasteiger partial charge >= 0.3 is 0 Å². The molecular formula is C24H30F2N6O. The van der Waals surface area contributed by atoms with Crippen molar-refractivity contribution in [2.45, 2.75) is 49.3 Å². The summed E-state index contributed by atoms with van der Waals surface area (Å²) in [5, 5.41) is 14.2. The van der Waals surface area contributed by atoms with E-state index >= 15 is 0 Å². The second-order valence-corrected chi connectivity index (χ2v) is 8.79. The van der Waals surface area contributed by atoms with E-state index in [0.717, 1.165) is 36.9 Å². The summed E-state index contributed by atoms with van der Waals surface area (Å²) in [5.41, 5.74) is 6.00. The lowest BCUT2D eigenvalue weighted by Gasteiger charge is -2.38. The van der Waals surface area contributed by atoms with Crippen LogP contribution in [0.5, 0.6) is 0 Å². The largest absolute Gasteiger partial charge is 0.377 e. The Kier molecular flexibility index (Phi) is 6.47. The van der Waals surface area contributed by atoms with E-state index in [-0.39, 0.29) is 30.1 Å². The topological polar surface area (TPSA) is 115 Å². The third-order valence-electron chi connectivity index (χ3n) is 6.84. The molecule has 2 heterocycles. The second kappa shape index (κ2) is 9.17. The number of fused-ring (bicyclic) bond motifs is 1. The quantitative estimate of drug-likeness (QED) is 0.306. The fourth-order valence-corrected chi connectivity index (χ4v) is 4.79. The molecule has 6 N–H and O–H groups in total. The number of rotatable bonds is 8. The van der Waals surface area contributed by atoms with Gasteiger partial charge in [0.25, 0.3) is 5.92 Å². The van der Waals surface area contributed by atoms with E-state index in [1.54, 1.807) is 24.4 Å². The maximum atomic E-state index is 14.7. The monoisotopic (exact) mass is 456 g/mol. The highest BCUT2D eigenvalue weighted by Gasteiger charge is 2.51. The van der Waals surface area contributed by atoms with Crippen LogP contribution < -0.4 is 16.9 Å². The lowest BCUT2D eigenvalue weighted by atomic mass is 9.79. The molecule has 3 aliphatic rings. The minimum absolute atomic E-state index is 0.00708. The third kappa shape index (κ3) is 4.36. The second-order valence-electron chi connectivity index (χ2n) is 8.79. The fourth-order valence-electron chi connectivity index (χ4n) is 4.79. The molecule has 1 aromatic carbocycles. The molecule has 1 fully saturated rings. The van der Waals surface area contributed by atoms with Crippen molar-refractivity contribution < 1.29 is 13.9 Å². The zero-order valence-corrected chi connectivity index (χ0v) is 18.4. The molecule has 2 aliphatic heterocycles. The standard InChI is InChI=1S/C24H30F2N6O/c1-2-24(25,26)23(33,17-6-4-3-5-7-17)14-30-18-10-8-16(9-11-18)20(27)21-19-12-13-29-22(19)31-15-32(21)28/h2-7,12-13,15-16,18,20,30,33H,1,8-11,14,27-28H2. The minimum Gasteiger partial charge on any atom is -0.377 e. The molecule has 1 aliphatic carbocycles. The number of nitrogen functional groups attached to an aromatic ring is 1. The van der Waals surface area contributed by atoms with Crippen LogP contribution >= 0.6 is 0 Å². The van der Waals surface area contributed by atoms with Crippen molar-refractivity contribution in [1.82, 2.24) is 20.0 Å². The predicted octanol–water partition coefficient (Wildman–Crippen LogP) is 2.95. The molecule has 1 saturated carbocycles. The number of nitrogens with one attached hydrogen (secondary N) is 1. The van der Waals surface area contributed by atoms with Gasteiger partial charge in [-0.25, -0.2) is 9.97 Å². The minimum atomic E-state index is -3.49. The molecule has 0 aromatic heterocycles. The SMILES string of the molecule is C=CC(F)(F)C(O)(CNC1CCC(C(N)c2c3ccnc-3ncn2N)CC1)c1ccccc1. The van der Waals surface area contributed by atoms with E-state index in [9.17, 15) is 13.9 Å². The number of alkyl halides is 2. The summed E-state index contributed by atoms with van der Waals surface area (Å²) in [4.78, 5) is 8.43. The normalized spacial score (nSPS) is 22.1. The first-order valence-electron chi connectivity index (χ1n) is 11.1. The van der Waals surface area contributed by atoms with Gasteiger partial charge < -0.3 is 22.0 Å². The first-order valence-corrected chi connectivity index (χ1v) is 11.1. The lowest BCUT2D eigenvalue weighted by Crippen LogP contribution is -2.53. The molecule has 7 nitrogen and oxygen atoms in total. The number of aromatic nitrogens is 3. The van der Waals surface area contributed by atoms with Crippen LogP contribution in [0.25, 0.3) is 11.4 Å². The Morgan fingerprint density at radius 3 is 2.55 bits per heavy atom. The summed E-state index contributed by atoms with van der Waals surface area (Å²) in [6, 6.07) is 9.56. The van der Waals surface area contributed by atoms with Crippen LogP contribution in [0.3, 0.4) is 0 Å². The van der Waals surface area contributed by atoms with Crippen LogP contribution in [-0.4, -0.2) is 38.3 Å². The average molecular weight is 457 g/mol. The fraction of sp³-hybridized carbons (Fsp3) is 0.417. The maximum absolute atomic E-state index is 14.7. The molecule has 4 rings (SSSR count). The Balaban J connectivity index is 1.41. The molecule has 33 heavy (non-hydrogen) atoms. The van der Waals surface area contributed by atoms with Gasteiger partial charge in [0.2, 0.25) is 0 Å². The van der Waals surface area contributed by atoms with Gasteiger partial charge in [0.15, 0.2) is 11.4 Å². The Bertz CT molecular complexity index is 1050.